The van der Waals surface area contributed by atoms with Crippen LogP contribution in [0.25, 0.3) is 5.69 Å². The van der Waals surface area contributed by atoms with E-state index in [0.29, 0.717) is 29.5 Å². The Hall–Kier alpha value is -3.42. The van der Waals surface area contributed by atoms with E-state index in [1.165, 1.54) is 16.4 Å². The van der Waals surface area contributed by atoms with Crippen molar-refractivity contribution in [3.05, 3.63) is 68.5 Å². The molecule has 0 atom stereocenters. The summed E-state index contributed by atoms with van der Waals surface area (Å²) < 4.78 is 7.89. The average Bonchev–Trinajstić information content (AvgIpc) is 3.18. The van der Waals surface area contributed by atoms with Crippen LogP contribution in [0.2, 0.25) is 0 Å². The molecule has 4 rings (SSSR count). The van der Waals surface area contributed by atoms with Gasteiger partial charge in [0.2, 0.25) is 5.88 Å². The predicted octanol–water partition coefficient (Wildman–Crippen LogP) is 1.57. The largest absolute Gasteiger partial charge is 0.481 e. The van der Waals surface area contributed by atoms with Crippen LogP contribution in [-0.2, 0) is 19.9 Å². The smallest absolute Gasteiger partial charge is 0.275 e. The fraction of sp³-hybridized carbons (Fsp3) is 0.263. The zero-order valence-electron chi connectivity index (χ0n) is 15.1. The summed E-state index contributed by atoms with van der Waals surface area (Å²) in [6.45, 7) is 0. The lowest BCUT2D eigenvalue weighted by molar-refractivity contribution is 0.397. The number of anilines is 2. The number of aryl methyl sites for hydroxylation is 1. The van der Waals surface area contributed by atoms with Crippen molar-refractivity contribution in [2.75, 3.05) is 12.4 Å². The van der Waals surface area contributed by atoms with Crippen molar-refractivity contribution < 1.29 is 4.74 Å². The van der Waals surface area contributed by atoms with Gasteiger partial charge < -0.3 is 14.6 Å². The van der Waals surface area contributed by atoms with E-state index in [2.05, 4.69) is 15.4 Å². The van der Waals surface area contributed by atoms with Crippen molar-refractivity contribution in [1.29, 1.82) is 0 Å². The number of hydrogen-bond donors (Lipinski definition) is 1. The molecule has 1 aliphatic rings. The van der Waals surface area contributed by atoms with E-state index in [1.54, 1.807) is 43.7 Å². The Morgan fingerprint density at radius 2 is 1.93 bits per heavy atom. The zero-order chi connectivity index (χ0) is 19.0. The predicted molar refractivity (Wildman–Crippen MR) is 101 cm³/mol. The molecule has 0 fully saturated rings. The standard InChI is InChI=1S/C19H19N5O3/c1-23-10-4-7-15(19(23)26)21-17-13-5-3-6-14(13)18(25)24(22-17)12-8-9-16(27-2)20-11-12/h4,7-11H,3,5-6H2,1-2H3,(H,21,22). The van der Waals surface area contributed by atoms with Gasteiger partial charge in [-0.1, -0.05) is 0 Å². The van der Waals surface area contributed by atoms with E-state index in [4.69, 9.17) is 4.74 Å². The number of aromatic nitrogens is 4. The van der Waals surface area contributed by atoms with E-state index in [0.717, 1.165) is 24.0 Å². The van der Waals surface area contributed by atoms with E-state index in [-0.39, 0.29) is 11.1 Å². The number of fused-ring (bicyclic) bond motifs is 1. The first kappa shape index (κ1) is 17.0. The Morgan fingerprint density at radius 1 is 1.11 bits per heavy atom. The summed E-state index contributed by atoms with van der Waals surface area (Å²) in [6, 6.07) is 6.90. The molecule has 138 valence electrons. The topological polar surface area (TPSA) is 91.0 Å². The van der Waals surface area contributed by atoms with Crippen LogP contribution in [0, 0.1) is 0 Å². The van der Waals surface area contributed by atoms with Crippen LogP contribution in [0.4, 0.5) is 11.5 Å². The second-order valence-electron chi connectivity index (χ2n) is 6.40. The minimum Gasteiger partial charge on any atom is -0.481 e. The van der Waals surface area contributed by atoms with Crippen molar-refractivity contribution in [1.82, 2.24) is 19.3 Å². The number of rotatable bonds is 4. The summed E-state index contributed by atoms with van der Waals surface area (Å²) in [5.74, 6) is 0.986. The Kier molecular flexibility index (Phi) is 4.23. The van der Waals surface area contributed by atoms with Crippen molar-refractivity contribution in [3.8, 4) is 11.6 Å². The normalized spacial score (nSPS) is 12.7. The van der Waals surface area contributed by atoms with Crippen LogP contribution in [0.1, 0.15) is 17.5 Å². The molecular formula is C19H19N5O3. The number of ether oxygens (including phenoxy) is 1. The lowest BCUT2D eigenvalue weighted by Gasteiger charge is -2.14. The highest BCUT2D eigenvalue weighted by Gasteiger charge is 2.23. The average molecular weight is 365 g/mol. The molecule has 0 aliphatic heterocycles. The fourth-order valence-corrected chi connectivity index (χ4v) is 3.29. The van der Waals surface area contributed by atoms with Crippen LogP contribution in [-0.4, -0.2) is 26.4 Å². The highest BCUT2D eigenvalue weighted by atomic mass is 16.5. The molecule has 1 N–H and O–H groups in total. The van der Waals surface area contributed by atoms with Crippen molar-refractivity contribution >= 4 is 11.5 Å². The van der Waals surface area contributed by atoms with Crippen LogP contribution in [0.5, 0.6) is 5.88 Å². The van der Waals surface area contributed by atoms with E-state index >= 15 is 0 Å². The highest BCUT2D eigenvalue weighted by Crippen LogP contribution is 2.27. The molecular weight excluding hydrogens is 346 g/mol. The van der Waals surface area contributed by atoms with Crippen molar-refractivity contribution in [2.45, 2.75) is 19.3 Å². The Balaban J connectivity index is 1.84. The first-order chi connectivity index (χ1) is 13.1. The summed E-state index contributed by atoms with van der Waals surface area (Å²) >= 11 is 0. The second-order valence-corrected chi connectivity index (χ2v) is 6.40. The number of hydrogen-bond acceptors (Lipinski definition) is 6. The molecule has 8 nitrogen and oxygen atoms in total. The van der Waals surface area contributed by atoms with Crippen LogP contribution < -0.4 is 21.2 Å². The van der Waals surface area contributed by atoms with E-state index in [1.807, 2.05) is 0 Å². The summed E-state index contributed by atoms with van der Waals surface area (Å²) in [5.41, 5.74) is 2.26. The van der Waals surface area contributed by atoms with Gasteiger partial charge in [0.05, 0.1) is 19.0 Å². The van der Waals surface area contributed by atoms with Gasteiger partial charge in [-0.3, -0.25) is 9.59 Å². The molecule has 3 heterocycles. The monoisotopic (exact) mass is 365 g/mol. The maximum atomic E-state index is 12.9. The van der Waals surface area contributed by atoms with E-state index < -0.39 is 0 Å². The van der Waals surface area contributed by atoms with Crippen molar-refractivity contribution in [3.63, 3.8) is 0 Å². The van der Waals surface area contributed by atoms with Crippen LogP contribution in [0.15, 0.2) is 46.2 Å². The number of pyridine rings is 2. The third-order valence-electron chi connectivity index (χ3n) is 4.71. The van der Waals surface area contributed by atoms with Crippen molar-refractivity contribution in [2.24, 2.45) is 7.05 Å². The molecule has 0 radical (unpaired) electrons. The molecule has 1 aliphatic carbocycles. The van der Waals surface area contributed by atoms with Crippen LogP contribution in [0.3, 0.4) is 0 Å². The minimum atomic E-state index is -0.157. The van der Waals surface area contributed by atoms with Crippen LogP contribution >= 0.6 is 0 Å². The molecule has 0 spiro atoms. The molecule has 0 aromatic carbocycles. The Morgan fingerprint density at radius 3 is 2.67 bits per heavy atom. The van der Waals surface area contributed by atoms with Gasteiger partial charge in [-0.25, -0.2) is 4.98 Å². The SMILES string of the molecule is COc1ccc(-n2nc(Nc3cccn(C)c3=O)c3c(c2=O)CCC3)cn1. The Labute approximate surface area is 155 Å². The lowest BCUT2D eigenvalue weighted by Crippen LogP contribution is -2.27. The molecule has 0 unspecified atom stereocenters. The van der Waals surface area contributed by atoms with Gasteiger partial charge >= 0.3 is 0 Å². The third-order valence-corrected chi connectivity index (χ3v) is 4.71. The molecule has 8 heteroatoms. The zero-order valence-corrected chi connectivity index (χ0v) is 15.1. The molecule has 27 heavy (non-hydrogen) atoms. The summed E-state index contributed by atoms with van der Waals surface area (Å²) in [6.07, 6.45) is 5.57. The lowest BCUT2D eigenvalue weighted by atomic mass is 10.2. The minimum absolute atomic E-state index is 0.152. The molecule has 0 saturated heterocycles. The maximum absolute atomic E-state index is 12.9. The van der Waals surface area contributed by atoms with Gasteiger partial charge in [-0.2, -0.15) is 4.68 Å². The fourth-order valence-electron chi connectivity index (χ4n) is 3.29. The number of nitrogens with one attached hydrogen (secondary N) is 1. The second kappa shape index (κ2) is 6.71. The molecule has 0 bridgehead atoms. The van der Waals surface area contributed by atoms with Gasteiger partial charge in [0.1, 0.15) is 5.69 Å². The van der Waals surface area contributed by atoms with Gasteiger partial charge in [-0.15, -0.1) is 5.10 Å². The Bertz CT molecular complexity index is 1120. The molecule has 0 saturated carbocycles. The van der Waals surface area contributed by atoms with Gasteiger partial charge in [0.15, 0.2) is 5.82 Å². The summed E-state index contributed by atoms with van der Waals surface area (Å²) in [4.78, 5) is 29.4. The number of nitrogens with zero attached hydrogens (tertiary/aromatic N) is 4. The third kappa shape index (κ3) is 2.99. The summed E-state index contributed by atoms with van der Waals surface area (Å²) in [7, 11) is 3.22. The molecule has 3 aromatic heterocycles. The van der Waals surface area contributed by atoms with Gasteiger partial charge in [-0.05, 0) is 37.5 Å². The molecule has 0 amide bonds. The molecule has 3 aromatic rings. The van der Waals surface area contributed by atoms with Gasteiger partial charge in [0.25, 0.3) is 11.1 Å². The quantitative estimate of drug-likeness (QED) is 0.755. The highest BCUT2D eigenvalue weighted by molar-refractivity contribution is 5.60. The van der Waals surface area contributed by atoms with Gasteiger partial charge in [0, 0.05) is 30.4 Å². The summed E-state index contributed by atoms with van der Waals surface area (Å²) in [5, 5.41) is 7.62. The first-order valence-electron chi connectivity index (χ1n) is 8.66. The first-order valence-corrected chi connectivity index (χ1v) is 8.66. The van der Waals surface area contributed by atoms with E-state index in [9.17, 15) is 9.59 Å². The number of methoxy groups -OCH3 is 1. The maximum Gasteiger partial charge on any atom is 0.275 e.